The lowest BCUT2D eigenvalue weighted by molar-refractivity contribution is -0.127. The summed E-state index contributed by atoms with van der Waals surface area (Å²) in [5, 5.41) is 2.76. The number of benzene rings is 1. The van der Waals surface area contributed by atoms with Crippen molar-refractivity contribution in [2.45, 2.75) is 37.7 Å². The van der Waals surface area contributed by atoms with Crippen molar-refractivity contribution in [3.8, 4) is 5.75 Å². The number of hydrogen-bond acceptors (Lipinski definition) is 4. The molecule has 0 radical (unpaired) electrons. The van der Waals surface area contributed by atoms with Crippen molar-refractivity contribution in [1.29, 1.82) is 0 Å². The second-order valence-electron chi connectivity index (χ2n) is 4.43. The van der Waals surface area contributed by atoms with E-state index >= 15 is 0 Å². The molecule has 118 valence electrons. The van der Waals surface area contributed by atoms with Gasteiger partial charge in [0.2, 0.25) is 0 Å². The molecule has 0 aliphatic heterocycles. The summed E-state index contributed by atoms with van der Waals surface area (Å²) in [5.74, 6) is 0.154. The largest absolute Gasteiger partial charge is 0.480 e. The first-order chi connectivity index (χ1) is 9.75. The molecule has 0 aliphatic rings. The normalized spacial score (nSPS) is 12.8. The summed E-state index contributed by atoms with van der Waals surface area (Å²) < 4.78 is 28.3. The molecular formula is C13H17BrClNO4S. The van der Waals surface area contributed by atoms with E-state index in [1.807, 2.05) is 6.92 Å². The van der Waals surface area contributed by atoms with Crippen LogP contribution in [0.1, 0.15) is 26.7 Å². The molecule has 0 aromatic heterocycles. The Labute approximate surface area is 137 Å². The quantitative estimate of drug-likeness (QED) is 0.566. The molecule has 1 atom stereocenters. The summed E-state index contributed by atoms with van der Waals surface area (Å²) in [5.41, 5.74) is 0. The molecule has 8 heteroatoms. The zero-order chi connectivity index (χ0) is 16.0. The van der Waals surface area contributed by atoms with Crippen molar-refractivity contribution >= 4 is 41.6 Å². The van der Waals surface area contributed by atoms with Crippen molar-refractivity contribution in [3.63, 3.8) is 0 Å². The Morgan fingerprint density at radius 3 is 2.67 bits per heavy atom. The second-order valence-corrected chi connectivity index (χ2v) is 7.86. The van der Waals surface area contributed by atoms with Crippen LogP contribution in [0.5, 0.6) is 5.75 Å². The van der Waals surface area contributed by atoms with Crippen LogP contribution < -0.4 is 10.1 Å². The number of rotatable bonds is 7. The predicted octanol–water partition coefficient (Wildman–Crippen LogP) is 3.06. The third-order valence-electron chi connectivity index (χ3n) is 2.69. The third-order valence-corrected chi connectivity index (χ3v) is 4.66. The summed E-state index contributed by atoms with van der Waals surface area (Å²) in [6.07, 6.45) is 1.22. The number of hydrogen-bond donors (Lipinski definition) is 1. The molecule has 0 saturated heterocycles. The Hall–Kier alpha value is -0.790. The molecule has 1 aromatic carbocycles. The first-order valence-electron chi connectivity index (χ1n) is 6.44. The Bertz CT molecular complexity index is 606. The first-order valence-corrected chi connectivity index (χ1v) is 9.54. The maximum atomic E-state index is 11.8. The number of nitrogens with one attached hydrogen (secondary N) is 1. The van der Waals surface area contributed by atoms with Crippen molar-refractivity contribution in [2.24, 2.45) is 0 Å². The van der Waals surface area contributed by atoms with E-state index in [0.29, 0.717) is 16.8 Å². The Kier molecular flexibility index (Phi) is 6.96. The van der Waals surface area contributed by atoms with E-state index in [0.717, 1.165) is 12.8 Å². The molecular weight excluding hydrogens is 382 g/mol. The minimum absolute atomic E-state index is 0.0385. The van der Waals surface area contributed by atoms with Crippen LogP contribution in [0.2, 0.25) is 0 Å². The van der Waals surface area contributed by atoms with Crippen LogP contribution in [0.3, 0.4) is 0 Å². The van der Waals surface area contributed by atoms with E-state index in [1.54, 1.807) is 6.92 Å². The zero-order valence-corrected chi connectivity index (χ0v) is 14.9. The van der Waals surface area contributed by atoms with Gasteiger partial charge in [-0.3, -0.25) is 4.79 Å². The molecule has 0 aliphatic carbocycles. The fraction of sp³-hybridized carbons (Fsp3) is 0.462. The molecule has 0 spiro atoms. The van der Waals surface area contributed by atoms with Crippen LogP contribution >= 0.6 is 26.6 Å². The van der Waals surface area contributed by atoms with Crippen molar-refractivity contribution in [3.05, 3.63) is 22.7 Å². The van der Waals surface area contributed by atoms with Gasteiger partial charge in [-0.05, 0) is 47.5 Å². The monoisotopic (exact) mass is 397 g/mol. The highest BCUT2D eigenvalue weighted by molar-refractivity contribution is 9.10. The van der Waals surface area contributed by atoms with Crippen LogP contribution in [0, 0.1) is 0 Å². The Balaban J connectivity index is 2.73. The van der Waals surface area contributed by atoms with Gasteiger partial charge in [0.1, 0.15) is 5.75 Å². The molecule has 21 heavy (non-hydrogen) atoms. The molecule has 0 bridgehead atoms. The SMILES string of the molecule is CCCCNC(=O)C(C)Oc1ccc(S(=O)(=O)Cl)cc1Br. The van der Waals surface area contributed by atoms with E-state index in [-0.39, 0.29) is 10.8 Å². The van der Waals surface area contributed by atoms with E-state index in [1.165, 1.54) is 18.2 Å². The molecule has 1 N–H and O–H groups in total. The van der Waals surface area contributed by atoms with Gasteiger partial charge in [-0.25, -0.2) is 8.42 Å². The third kappa shape index (κ3) is 5.84. The van der Waals surface area contributed by atoms with Crippen molar-refractivity contribution < 1.29 is 17.9 Å². The molecule has 1 rings (SSSR count). The number of carbonyl (C=O) groups is 1. The molecule has 5 nitrogen and oxygen atoms in total. The van der Waals surface area contributed by atoms with Crippen LogP contribution in [0.25, 0.3) is 0 Å². The van der Waals surface area contributed by atoms with Gasteiger partial charge >= 0.3 is 0 Å². The molecule has 0 heterocycles. The lowest BCUT2D eigenvalue weighted by Gasteiger charge is -2.16. The number of amides is 1. The van der Waals surface area contributed by atoms with Gasteiger partial charge in [-0.2, -0.15) is 0 Å². The molecule has 0 fully saturated rings. The fourth-order valence-electron chi connectivity index (χ4n) is 1.50. The van der Waals surface area contributed by atoms with E-state index in [2.05, 4.69) is 21.2 Å². The topological polar surface area (TPSA) is 72.5 Å². The Morgan fingerprint density at radius 2 is 2.14 bits per heavy atom. The summed E-state index contributed by atoms with van der Waals surface area (Å²) in [4.78, 5) is 11.8. The lowest BCUT2D eigenvalue weighted by Crippen LogP contribution is -2.36. The minimum atomic E-state index is -3.79. The number of halogens is 2. The van der Waals surface area contributed by atoms with Gasteiger partial charge in [-0.15, -0.1) is 0 Å². The second kappa shape index (κ2) is 8.00. The number of carbonyl (C=O) groups excluding carboxylic acids is 1. The highest BCUT2D eigenvalue weighted by Gasteiger charge is 2.17. The van der Waals surface area contributed by atoms with Gasteiger partial charge in [0, 0.05) is 17.2 Å². The highest BCUT2D eigenvalue weighted by Crippen LogP contribution is 2.29. The van der Waals surface area contributed by atoms with Crippen LogP contribution in [-0.2, 0) is 13.8 Å². The number of unbranched alkanes of at least 4 members (excludes halogenated alkanes) is 1. The van der Waals surface area contributed by atoms with Gasteiger partial charge < -0.3 is 10.1 Å². The maximum absolute atomic E-state index is 11.8. The average Bonchev–Trinajstić information content (AvgIpc) is 2.39. The van der Waals surface area contributed by atoms with Crippen molar-refractivity contribution in [1.82, 2.24) is 5.32 Å². The predicted molar refractivity (Wildman–Crippen MR) is 85.2 cm³/mol. The van der Waals surface area contributed by atoms with Gasteiger partial charge in [0.25, 0.3) is 15.0 Å². The summed E-state index contributed by atoms with van der Waals surface area (Å²) >= 11 is 3.20. The first kappa shape index (κ1) is 18.3. The fourth-order valence-corrected chi connectivity index (χ4v) is 2.91. The molecule has 1 amide bonds. The summed E-state index contributed by atoms with van der Waals surface area (Å²) in [6, 6.07) is 4.11. The lowest BCUT2D eigenvalue weighted by atomic mass is 10.3. The van der Waals surface area contributed by atoms with Gasteiger partial charge in [-0.1, -0.05) is 13.3 Å². The minimum Gasteiger partial charge on any atom is -0.480 e. The maximum Gasteiger partial charge on any atom is 0.261 e. The van der Waals surface area contributed by atoms with Crippen LogP contribution in [0.4, 0.5) is 0 Å². The van der Waals surface area contributed by atoms with Crippen molar-refractivity contribution in [2.75, 3.05) is 6.54 Å². The van der Waals surface area contributed by atoms with E-state index in [4.69, 9.17) is 15.4 Å². The summed E-state index contributed by atoms with van der Waals surface area (Å²) in [7, 11) is 1.46. The summed E-state index contributed by atoms with van der Waals surface area (Å²) in [6.45, 7) is 4.27. The molecule has 1 unspecified atom stereocenters. The van der Waals surface area contributed by atoms with E-state index in [9.17, 15) is 13.2 Å². The van der Waals surface area contributed by atoms with Gasteiger partial charge in [0.05, 0.1) is 9.37 Å². The molecule has 0 saturated carbocycles. The number of ether oxygens (including phenoxy) is 1. The van der Waals surface area contributed by atoms with Gasteiger partial charge in [0.15, 0.2) is 6.10 Å². The zero-order valence-electron chi connectivity index (χ0n) is 11.7. The van der Waals surface area contributed by atoms with Crippen LogP contribution in [0.15, 0.2) is 27.6 Å². The highest BCUT2D eigenvalue weighted by atomic mass is 79.9. The smallest absolute Gasteiger partial charge is 0.261 e. The average molecular weight is 399 g/mol. The van der Waals surface area contributed by atoms with Crippen LogP contribution in [-0.4, -0.2) is 27.0 Å². The van der Waals surface area contributed by atoms with E-state index < -0.39 is 15.2 Å². The Morgan fingerprint density at radius 1 is 1.48 bits per heavy atom. The standard InChI is InChI=1S/C13H17BrClNO4S/c1-3-4-7-16-13(17)9(2)20-12-6-5-10(8-11(12)14)21(15,18)19/h5-6,8-9H,3-4,7H2,1-2H3,(H,16,17). The molecule has 1 aromatic rings.